The molecule has 0 unspecified atom stereocenters. The van der Waals surface area contributed by atoms with Gasteiger partial charge in [-0.1, -0.05) is 25.5 Å². The molecule has 0 bridgehead atoms. The number of hydrogen-bond acceptors (Lipinski definition) is 4. The third-order valence-electron chi connectivity index (χ3n) is 4.52. The van der Waals surface area contributed by atoms with Crippen LogP contribution in [0, 0.1) is 20.8 Å². The number of rotatable bonds is 4. The molecule has 3 aromatic heterocycles. The first kappa shape index (κ1) is 16.5. The van der Waals surface area contributed by atoms with Crippen molar-refractivity contribution in [3.8, 4) is 0 Å². The lowest BCUT2D eigenvalue weighted by Crippen LogP contribution is -2.04. The Bertz CT molecular complexity index is 1110. The first-order valence-electron chi connectivity index (χ1n) is 9.05. The maximum Gasteiger partial charge on any atom is 0.184 e. The van der Waals surface area contributed by atoms with Crippen molar-refractivity contribution in [3.05, 3.63) is 58.9 Å². The van der Waals surface area contributed by atoms with Gasteiger partial charge in [-0.25, -0.2) is 9.97 Å². The highest BCUT2D eigenvalue weighted by Crippen LogP contribution is 2.26. The third-order valence-corrected chi connectivity index (χ3v) is 4.52. The summed E-state index contributed by atoms with van der Waals surface area (Å²) in [5.74, 6) is 0.916. The predicted molar refractivity (Wildman–Crippen MR) is 106 cm³/mol. The highest BCUT2D eigenvalue weighted by molar-refractivity contribution is 5.93. The smallest absolute Gasteiger partial charge is 0.184 e. The molecule has 0 fully saturated rings. The number of fused-ring (bicyclic) bond motifs is 3. The molecule has 4 aromatic rings. The minimum Gasteiger partial charge on any atom is -0.340 e. The Balaban J connectivity index is 1.96. The minimum atomic E-state index is 0.746. The maximum atomic E-state index is 4.88. The molecule has 0 atom stereocenters. The van der Waals surface area contributed by atoms with E-state index in [1.165, 1.54) is 5.56 Å². The molecule has 3 heterocycles. The van der Waals surface area contributed by atoms with Crippen LogP contribution in [0.15, 0.2) is 36.4 Å². The summed E-state index contributed by atoms with van der Waals surface area (Å²) in [6, 6.07) is 12.5. The normalized spacial score (nSPS) is 11.4. The van der Waals surface area contributed by atoms with Crippen molar-refractivity contribution in [1.29, 1.82) is 0 Å². The summed E-state index contributed by atoms with van der Waals surface area (Å²) in [6.07, 6.45) is 1.99. The molecule has 0 aliphatic rings. The highest BCUT2D eigenvalue weighted by Gasteiger charge is 2.15. The molecule has 0 aliphatic heterocycles. The van der Waals surface area contributed by atoms with Crippen LogP contribution in [-0.4, -0.2) is 19.6 Å². The summed E-state index contributed by atoms with van der Waals surface area (Å²) in [6.45, 7) is 8.36. The summed E-state index contributed by atoms with van der Waals surface area (Å²) in [4.78, 5) is 9.50. The standard InChI is InChI=1S/C21H23N5/c1-5-7-16-12-18(23-17-9-6-8-13(2)10-17)26-21(24-16)19-14(3)11-15(4)22-20(19)25-26/h6,8-12,23H,5,7H2,1-4H3. The summed E-state index contributed by atoms with van der Waals surface area (Å²) < 4.78 is 1.88. The fourth-order valence-electron chi connectivity index (χ4n) is 3.42. The lowest BCUT2D eigenvalue weighted by molar-refractivity contribution is 0.864. The summed E-state index contributed by atoms with van der Waals surface area (Å²) >= 11 is 0. The third kappa shape index (κ3) is 2.90. The molecule has 0 saturated heterocycles. The monoisotopic (exact) mass is 345 g/mol. The number of aryl methyl sites for hydroxylation is 4. The van der Waals surface area contributed by atoms with E-state index in [4.69, 9.17) is 10.1 Å². The van der Waals surface area contributed by atoms with E-state index in [0.717, 1.165) is 58.0 Å². The average molecular weight is 345 g/mol. The Morgan fingerprint density at radius 2 is 1.88 bits per heavy atom. The van der Waals surface area contributed by atoms with Crippen molar-refractivity contribution >= 4 is 28.2 Å². The SMILES string of the molecule is CCCc1cc(Nc2cccc(C)c2)n2nc3nc(C)cc(C)c3c2n1. The van der Waals surface area contributed by atoms with Gasteiger partial charge in [0.2, 0.25) is 0 Å². The van der Waals surface area contributed by atoms with E-state index >= 15 is 0 Å². The van der Waals surface area contributed by atoms with Gasteiger partial charge < -0.3 is 5.32 Å². The van der Waals surface area contributed by atoms with Crippen molar-refractivity contribution in [3.63, 3.8) is 0 Å². The Morgan fingerprint density at radius 3 is 2.65 bits per heavy atom. The number of anilines is 2. The number of hydrogen-bond donors (Lipinski definition) is 1. The fraction of sp³-hybridized carbons (Fsp3) is 0.286. The molecule has 1 aromatic carbocycles. The lowest BCUT2D eigenvalue weighted by Gasteiger charge is -2.11. The van der Waals surface area contributed by atoms with Crippen molar-refractivity contribution in [1.82, 2.24) is 19.6 Å². The second-order valence-corrected chi connectivity index (χ2v) is 6.89. The van der Waals surface area contributed by atoms with E-state index in [9.17, 15) is 0 Å². The van der Waals surface area contributed by atoms with E-state index < -0.39 is 0 Å². The minimum absolute atomic E-state index is 0.746. The summed E-state index contributed by atoms with van der Waals surface area (Å²) in [5, 5.41) is 9.28. The highest BCUT2D eigenvalue weighted by atomic mass is 15.3. The van der Waals surface area contributed by atoms with E-state index in [2.05, 4.69) is 67.5 Å². The molecular weight excluding hydrogens is 322 g/mol. The molecule has 4 rings (SSSR count). The lowest BCUT2D eigenvalue weighted by atomic mass is 10.1. The molecule has 1 N–H and O–H groups in total. The number of aromatic nitrogens is 4. The fourth-order valence-corrected chi connectivity index (χ4v) is 3.42. The van der Waals surface area contributed by atoms with Gasteiger partial charge >= 0.3 is 0 Å². The number of pyridine rings is 1. The van der Waals surface area contributed by atoms with Gasteiger partial charge in [-0.2, -0.15) is 4.52 Å². The van der Waals surface area contributed by atoms with E-state index in [1.807, 2.05) is 11.4 Å². The van der Waals surface area contributed by atoms with Gasteiger partial charge in [0.25, 0.3) is 0 Å². The molecule has 0 spiro atoms. The number of benzene rings is 1. The molecule has 0 radical (unpaired) electrons. The van der Waals surface area contributed by atoms with Gasteiger partial charge in [0.1, 0.15) is 5.82 Å². The zero-order valence-electron chi connectivity index (χ0n) is 15.7. The van der Waals surface area contributed by atoms with Crippen LogP contribution >= 0.6 is 0 Å². The van der Waals surface area contributed by atoms with Crippen LogP contribution in [-0.2, 0) is 6.42 Å². The van der Waals surface area contributed by atoms with Crippen LogP contribution in [0.4, 0.5) is 11.5 Å². The van der Waals surface area contributed by atoms with Gasteiger partial charge in [-0.05, 0) is 56.5 Å². The number of nitrogens with one attached hydrogen (secondary N) is 1. The van der Waals surface area contributed by atoms with Gasteiger partial charge in [-0.15, -0.1) is 5.10 Å². The molecule has 132 valence electrons. The summed E-state index contributed by atoms with van der Waals surface area (Å²) in [5.41, 5.74) is 7.07. The largest absolute Gasteiger partial charge is 0.340 e. The van der Waals surface area contributed by atoms with Crippen LogP contribution in [0.3, 0.4) is 0 Å². The molecule has 5 nitrogen and oxygen atoms in total. The van der Waals surface area contributed by atoms with Gasteiger partial charge in [-0.3, -0.25) is 0 Å². The Labute approximate surface area is 153 Å². The Hall–Kier alpha value is -2.95. The average Bonchev–Trinajstić information content (AvgIpc) is 2.94. The number of nitrogens with zero attached hydrogens (tertiary/aromatic N) is 4. The van der Waals surface area contributed by atoms with Gasteiger partial charge in [0.05, 0.1) is 5.39 Å². The second kappa shape index (κ2) is 6.41. The van der Waals surface area contributed by atoms with Crippen molar-refractivity contribution in [2.24, 2.45) is 0 Å². The van der Waals surface area contributed by atoms with E-state index in [0.29, 0.717) is 0 Å². The van der Waals surface area contributed by atoms with Crippen molar-refractivity contribution in [2.45, 2.75) is 40.5 Å². The van der Waals surface area contributed by atoms with Crippen LogP contribution in [0.2, 0.25) is 0 Å². The maximum absolute atomic E-state index is 4.88. The first-order valence-corrected chi connectivity index (χ1v) is 9.05. The van der Waals surface area contributed by atoms with Crippen LogP contribution < -0.4 is 5.32 Å². The topological polar surface area (TPSA) is 55.1 Å². The second-order valence-electron chi connectivity index (χ2n) is 6.89. The van der Waals surface area contributed by atoms with Gasteiger partial charge in [0.15, 0.2) is 11.3 Å². The zero-order valence-corrected chi connectivity index (χ0v) is 15.7. The van der Waals surface area contributed by atoms with Crippen LogP contribution in [0.1, 0.15) is 35.9 Å². The Morgan fingerprint density at radius 1 is 1.04 bits per heavy atom. The molecule has 26 heavy (non-hydrogen) atoms. The summed E-state index contributed by atoms with van der Waals surface area (Å²) in [7, 11) is 0. The van der Waals surface area contributed by atoms with E-state index in [-0.39, 0.29) is 0 Å². The van der Waals surface area contributed by atoms with Gasteiger partial charge in [0, 0.05) is 23.1 Å². The van der Waals surface area contributed by atoms with E-state index in [1.54, 1.807) is 0 Å². The molecule has 0 amide bonds. The Kier molecular flexibility index (Phi) is 4.07. The molecule has 0 aliphatic carbocycles. The first-order chi connectivity index (χ1) is 12.5. The van der Waals surface area contributed by atoms with Crippen LogP contribution in [0.25, 0.3) is 16.7 Å². The molecular formula is C21H23N5. The van der Waals surface area contributed by atoms with Crippen LogP contribution in [0.5, 0.6) is 0 Å². The van der Waals surface area contributed by atoms with Crippen molar-refractivity contribution in [2.75, 3.05) is 5.32 Å². The quantitative estimate of drug-likeness (QED) is 0.571. The van der Waals surface area contributed by atoms with Crippen molar-refractivity contribution < 1.29 is 0 Å². The zero-order chi connectivity index (χ0) is 18.3. The predicted octanol–water partition coefficient (Wildman–Crippen LogP) is 4.90. The molecule has 5 heteroatoms. The molecule has 0 saturated carbocycles.